The zero-order valence-corrected chi connectivity index (χ0v) is 10.6. The molecule has 0 aliphatic heterocycles. The first-order valence-electron chi connectivity index (χ1n) is 5.89. The summed E-state index contributed by atoms with van der Waals surface area (Å²) in [4.78, 5) is 19.6. The molecule has 3 aromatic heterocycles. The summed E-state index contributed by atoms with van der Waals surface area (Å²) < 4.78 is 1.63. The number of anilines is 1. The highest BCUT2D eigenvalue weighted by molar-refractivity contribution is 6.10. The van der Waals surface area contributed by atoms with Crippen LogP contribution < -0.4 is 5.32 Å². The van der Waals surface area contributed by atoms with E-state index in [0.29, 0.717) is 11.5 Å². The van der Waals surface area contributed by atoms with E-state index in [0.717, 1.165) is 16.6 Å². The Bertz CT molecular complexity index is 755. The Hall–Kier alpha value is -2.63. The summed E-state index contributed by atoms with van der Waals surface area (Å²) in [6.45, 7) is 1.87. The van der Waals surface area contributed by atoms with Crippen LogP contribution in [0.25, 0.3) is 10.9 Å². The Kier molecular flexibility index (Phi) is 2.56. The van der Waals surface area contributed by atoms with Gasteiger partial charge in [0.1, 0.15) is 0 Å². The molecule has 0 fully saturated rings. The van der Waals surface area contributed by atoms with Crippen LogP contribution in [0, 0.1) is 6.92 Å². The number of H-pyrrole nitrogens is 1. The number of nitrogens with zero attached hydrogens (tertiary/aromatic N) is 3. The number of hydrogen-bond acceptors (Lipinski definition) is 3. The molecule has 3 heterocycles. The topological polar surface area (TPSA) is 75.6 Å². The normalized spacial score (nSPS) is 10.8. The molecule has 6 heteroatoms. The molecule has 6 nitrogen and oxygen atoms in total. The Morgan fingerprint density at radius 1 is 1.42 bits per heavy atom. The van der Waals surface area contributed by atoms with Crippen LogP contribution in [0.5, 0.6) is 0 Å². The molecule has 3 aromatic rings. The summed E-state index contributed by atoms with van der Waals surface area (Å²) in [5.74, 6) is 0.241. The minimum Gasteiger partial charge on any atom is -0.359 e. The maximum atomic E-state index is 12.2. The van der Waals surface area contributed by atoms with Gasteiger partial charge in [-0.2, -0.15) is 5.10 Å². The van der Waals surface area contributed by atoms with E-state index in [1.54, 1.807) is 30.2 Å². The van der Waals surface area contributed by atoms with Gasteiger partial charge in [-0.1, -0.05) is 0 Å². The number of aromatic nitrogens is 4. The number of aromatic amines is 1. The smallest absolute Gasteiger partial charge is 0.277 e. The van der Waals surface area contributed by atoms with Crippen LogP contribution in [0.4, 0.5) is 5.82 Å². The third-order valence-electron chi connectivity index (χ3n) is 2.84. The van der Waals surface area contributed by atoms with Gasteiger partial charge in [-0.05, 0) is 19.1 Å². The Balaban J connectivity index is 1.99. The molecule has 0 aliphatic rings. The van der Waals surface area contributed by atoms with E-state index in [-0.39, 0.29) is 5.91 Å². The zero-order valence-electron chi connectivity index (χ0n) is 10.6. The Labute approximate surface area is 109 Å². The number of nitrogens with one attached hydrogen (secondary N) is 2. The number of pyridine rings is 1. The highest BCUT2D eigenvalue weighted by atomic mass is 16.2. The average molecular weight is 255 g/mol. The van der Waals surface area contributed by atoms with Gasteiger partial charge in [0.2, 0.25) is 0 Å². The van der Waals surface area contributed by atoms with Gasteiger partial charge < -0.3 is 10.3 Å². The first kappa shape index (κ1) is 11.5. The number of fused-ring (bicyclic) bond motifs is 1. The number of hydrogen-bond donors (Lipinski definition) is 2. The molecular formula is C13H13N5O. The van der Waals surface area contributed by atoms with Crippen molar-refractivity contribution in [2.75, 3.05) is 5.32 Å². The van der Waals surface area contributed by atoms with Crippen molar-refractivity contribution < 1.29 is 4.79 Å². The number of aryl methyl sites for hydroxylation is 2. The van der Waals surface area contributed by atoms with Crippen LogP contribution in [-0.2, 0) is 7.05 Å². The maximum absolute atomic E-state index is 12.2. The predicted molar refractivity (Wildman–Crippen MR) is 72.0 cm³/mol. The lowest BCUT2D eigenvalue weighted by Gasteiger charge is -2.04. The van der Waals surface area contributed by atoms with Gasteiger partial charge in [-0.25, -0.2) is 4.98 Å². The van der Waals surface area contributed by atoms with Crippen molar-refractivity contribution in [2.24, 2.45) is 7.05 Å². The molecule has 0 radical (unpaired) electrons. The third kappa shape index (κ3) is 2.08. The van der Waals surface area contributed by atoms with Crippen LogP contribution in [-0.4, -0.2) is 25.7 Å². The molecule has 0 saturated carbocycles. The van der Waals surface area contributed by atoms with Gasteiger partial charge in [-0.15, -0.1) is 0 Å². The molecule has 0 aliphatic carbocycles. The fraction of sp³-hybridized carbons (Fsp3) is 0.154. The van der Waals surface area contributed by atoms with Crippen molar-refractivity contribution in [3.05, 3.63) is 42.0 Å². The highest BCUT2D eigenvalue weighted by Crippen LogP contribution is 2.17. The summed E-state index contributed by atoms with van der Waals surface area (Å²) >= 11 is 0. The van der Waals surface area contributed by atoms with Gasteiger partial charge in [-0.3, -0.25) is 9.48 Å². The molecule has 1 amide bonds. The molecule has 0 bridgehead atoms. The van der Waals surface area contributed by atoms with Crippen LogP contribution in [0.15, 0.2) is 30.6 Å². The van der Waals surface area contributed by atoms with Crippen LogP contribution in [0.2, 0.25) is 0 Å². The standard InChI is InChI=1S/C13H13N5O/c1-8-7-9-3-5-14-11(9)12(15-8)13(19)16-10-4-6-18(2)17-10/h3-7,14H,1-2H3,(H,16,17,19). The molecule has 0 spiro atoms. The van der Waals surface area contributed by atoms with Crippen molar-refractivity contribution in [1.29, 1.82) is 0 Å². The molecular weight excluding hydrogens is 242 g/mol. The second-order valence-electron chi connectivity index (χ2n) is 4.38. The fourth-order valence-electron chi connectivity index (χ4n) is 2.02. The monoisotopic (exact) mass is 255 g/mol. The molecule has 19 heavy (non-hydrogen) atoms. The van der Waals surface area contributed by atoms with Gasteiger partial charge in [0, 0.05) is 36.6 Å². The summed E-state index contributed by atoms with van der Waals surface area (Å²) in [6.07, 6.45) is 3.56. The van der Waals surface area contributed by atoms with E-state index in [9.17, 15) is 4.79 Å². The lowest BCUT2D eigenvalue weighted by atomic mass is 10.2. The SMILES string of the molecule is Cc1cc2cc[nH]c2c(C(=O)Nc2ccn(C)n2)n1. The zero-order chi connectivity index (χ0) is 13.4. The fourth-order valence-corrected chi connectivity index (χ4v) is 2.02. The van der Waals surface area contributed by atoms with Crippen molar-refractivity contribution >= 4 is 22.6 Å². The highest BCUT2D eigenvalue weighted by Gasteiger charge is 2.14. The largest absolute Gasteiger partial charge is 0.359 e. The van der Waals surface area contributed by atoms with Crippen molar-refractivity contribution in [3.63, 3.8) is 0 Å². The Morgan fingerprint density at radius 2 is 2.26 bits per heavy atom. The molecule has 0 atom stereocenters. The van der Waals surface area contributed by atoms with Gasteiger partial charge in [0.15, 0.2) is 11.5 Å². The Morgan fingerprint density at radius 3 is 3.00 bits per heavy atom. The van der Waals surface area contributed by atoms with E-state index in [2.05, 4.69) is 20.4 Å². The molecule has 2 N–H and O–H groups in total. The summed E-state index contributed by atoms with van der Waals surface area (Å²) in [5.41, 5.74) is 1.92. The van der Waals surface area contributed by atoms with Crippen molar-refractivity contribution in [2.45, 2.75) is 6.92 Å². The number of amides is 1. The van der Waals surface area contributed by atoms with E-state index in [1.165, 1.54) is 0 Å². The average Bonchev–Trinajstić information content (AvgIpc) is 2.96. The molecule has 0 unspecified atom stereocenters. The second kappa shape index (κ2) is 4.24. The van der Waals surface area contributed by atoms with Gasteiger partial charge in [0.05, 0.1) is 5.52 Å². The minimum atomic E-state index is -0.269. The van der Waals surface area contributed by atoms with E-state index in [4.69, 9.17) is 0 Å². The van der Waals surface area contributed by atoms with Crippen LogP contribution >= 0.6 is 0 Å². The summed E-state index contributed by atoms with van der Waals surface area (Å²) in [6, 6.07) is 5.59. The number of rotatable bonds is 2. The summed E-state index contributed by atoms with van der Waals surface area (Å²) in [7, 11) is 1.80. The second-order valence-corrected chi connectivity index (χ2v) is 4.38. The van der Waals surface area contributed by atoms with E-state index < -0.39 is 0 Å². The first-order chi connectivity index (χ1) is 9.13. The summed E-state index contributed by atoms with van der Waals surface area (Å²) in [5, 5.41) is 7.82. The van der Waals surface area contributed by atoms with E-state index >= 15 is 0 Å². The maximum Gasteiger partial charge on any atom is 0.277 e. The van der Waals surface area contributed by atoms with Crippen molar-refractivity contribution in [1.82, 2.24) is 19.7 Å². The molecule has 0 aromatic carbocycles. The number of carbonyl (C=O) groups excluding carboxylic acids is 1. The predicted octanol–water partition coefficient (Wildman–Crippen LogP) is 1.86. The number of carbonyl (C=O) groups is 1. The van der Waals surface area contributed by atoms with E-state index in [1.807, 2.05) is 19.1 Å². The lowest BCUT2D eigenvalue weighted by Crippen LogP contribution is -2.15. The lowest BCUT2D eigenvalue weighted by molar-refractivity contribution is 0.102. The van der Waals surface area contributed by atoms with Crippen LogP contribution in [0.1, 0.15) is 16.2 Å². The molecule has 0 saturated heterocycles. The molecule has 3 rings (SSSR count). The van der Waals surface area contributed by atoms with Gasteiger partial charge in [0.25, 0.3) is 5.91 Å². The third-order valence-corrected chi connectivity index (χ3v) is 2.84. The van der Waals surface area contributed by atoms with Gasteiger partial charge >= 0.3 is 0 Å². The van der Waals surface area contributed by atoms with Crippen LogP contribution in [0.3, 0.4) is 0 Å². The first-order valence-corrected chi connectivity index (χ1v) is 5.89. The molecule has 96 valence electrons. The van der Waals surface area contributed by atoms with Crippen molar-refractivity contribution in [3.8, 4) is 0 Å². The minimum absolute atomic E-state index is 0.269. The quantitative estimate of drug-likeness (QED) is 0.733.